The molecule has 1 fully saturated rings. The van der Waals surface area contributed by atoms with E-state index in [0.29, 0.717) is 10.7 Å². The van der Waals surface area contributed by atoms with E-state index in [9.17, 15) is 0 Å². The van der Waals surface area contributed by atoms with Gasteiger partial charge in [0, 0.05) is 11.0 Å². The standard InChI is InChI=1S/C15H22BrNO/c1-2-8-18-13-9-12(10-17-11-13)14-6-4-3-5-7-15(14)16/h9-11,14-15H,2-8H2,1H3. The van der Waals surface area contributed by atoms with Crippen molar-refractivity contribution in [2.75, 3.05) is 6.61 Å². The first-order valence-electron chi connectivity index (χ1n) is 7.03. The molecule has 1 aliphatic rings. The van der Waals surface area contributed by atoms with Crippen molar-refractivity contribution in [1.82, 2.24) is 4.98 Å². The fourth-order valence-corrected chi connectivity index (χ4v) is 3.47. The number of hydrogen-bond acceptors (Lipinski definition) is 2. The lowest BCUT2D eigenvalue weighted by molar-refractivity contribution is 0.315. The molecule has 0 saturated heterocycles. The molecule has 2 nitrogen and oxygen atoms in total. The second-order valence-electron chi connectivity index (χ2n) is 5.06. The summed E-state index contributed by atoms with van der Waals surface area (Å²) in [6.45, 7) is 2.89. The van der Waals surface area contributed by atoms with E-state index in [1.165, 1.54) is 37.7 Å². The molecule has 0 radical (unpaired) electrons. The largest absolute Gasteiger partial charge is 0.492 e. The Bertz CT molecular complexity index is 369. The smallest absolute Gasteiger partial charge is 0.137 e. The summed E-state index contributed by atoms with van der Waals surface area (Å²) >= 11 is 3.85. The van der Waals surface area contributed by atoms with Gasteiger partial charge in [-0.3, -0.25) is 4.98 Å². The fourth-order valence-electron chi connectivity index (χ4n) is 2.58. The minimum Gasteiger partial charge on any atom is -0.492 e. The third kappa shape index (κ3) is 3.71. The zero-order chi connectivity index (χ0) is 12.8. The molecular weight excluding hydrogens is 290 g/mol. The average Bonchev–Trinajstić information content (AvgIpc) is 2.61. The van der Waals surface area contributed by atoms with E-state index in [0.717, 1.165) is 18.8 Å². The molecule has 0 aromatic carbocycles. The Hall–Kier alpha value is -0.570. The van der Waals surface area contributed by atoms with Crippen LogP contribution in [0.25, 0.3) is 0 Å². The minimum atomic E-state index is 0.586. The van der Waals surface area contributed by atoms with Crippen LogP contribution in [0.2, 0.25) is 0 Å². The zero-order valence-corrected chi connectivity index (χ0v) is 12.7. The third-order valence-corrected chi connectivity index (χ3v) is 4.66. The van der Waals surface area contributed by atoms with Gasteiger partial charge in [0.25, 0.3) is 0 Å². The molecule has 1 aromatic heterocycles. The van der Waals surface area contributed by atoms with E-state index in [-0.39, 0.29) is 0 Å². The first kappa shape index (κ1) is 13.9. The van der Waals surface area contributed by atoms with Crippen molar-refractivity contribution in [2.24, 2.45) is 0 Å². The molecule has 3 heteroatoms. The number of nitrogens with zero attached hydrogens (tertiary/aromatic N) is 1. The molecule has 1 aliphatic carbocycles. The number of rotatable bonds is 4. The van der Waals surface area contributed by atoms with Crippen LogP contribution in [0.4, 0.5) is 0 Å². The van der Waals surface area contributed by atoms with Crippen molar-refractivity contribution in [3.8, 4) is 5.75 Å². The average molecular weight is 312 g/mol. The first-order chi connectivity index (χ1) is 8.81. The molecule has 0 N–H and O–H groups in total. The molecule has 2 atom stereocenters. The molecule has 2 unspecified atom stereocenters. The topological polar surface area (TPSA) is 22.1 Å². The Balaban J connectivity index is 2.10. The summed E-state index contributed by atoms with van der Waals surface area (Å²) in [5.41, 5.74) is 1.33. The van der Waals surface area contributed by atoms with Crippen molar-refractivity contribution in [3.63, 3.8) is 0 Å². The zero-order valence-electron chi connectivity index (χ0n) is 11.1. The third-order valence-electron chi connectivity index (χ3n) is 3.57. The summed E-state index contributed by atoms with van der Waals surface area (Å²) in [6.07, 6.45) is 11.4. The van der Waals surface area contributed by atoms with E-state index in [1.54, 1.807) is 0 Å². The van der Waals surface area contributed by atoms with Crippen LogP contribution >= 0.6 is 15.9 Å². The number of hydrogen-bond donors (Lipinski definition) is 0. The van der Waals surface area contributed by atoms with Crippen LogP contribution in [-0.2, 0) is 0 Å². The van der Waals surface area contributed by atoms with Crippen molar-refractivity contribution < 1.29 is 4.74 Å². The summed E-state index contributed by atoms with van der Waals surface area (Å²) in [4.78, 5) is 4.92. The van der Waals surface area contributed by atoms with E-state index in [1.807, 2.05) is 12.4 Å². The van der Waals surface area contributed by atoms with Crippen LogP contribution in [0, 0.1) is 0 Å². The van der Waals surface area contributed by atoms with Gasteiger partial charge in [-0.25, -0.2) is 0 Å². The number of ether oxygens (including phenoxy) is 1. The molecule has 2 rings (SSSR count). The first-order valence-corrected chi connectivity index (χ1v) is 7.94. The van der Waals surface area contributed by atoms with Crippen molar-refractivity contribution in [1.29, 1.82) is 0 Å². The van der Waals surface area contributed by atoms with Gasteiger partial charge < -0.3 is 4.74 Å². The lowest BCUT2D eigenvalue weighted by Crippen LogP contribution is -2.11. The molecule has 0 spiro atoms. The van der Waals surface area contributed by atoms with Gasteiger partial charge in [-0.2, -0.15) is 0 Å². The summed E-state index contributed by atoms with van der Waals surface area (Å²) in [5.74, 6) is 1.50. The van der Waals surface area contributed by atoms with Crippen LogP contribution < -0.4 is 4.74 Å². The lowest BCUT2D eigenvalue weighted by atomic mass is 9.93. The van der Waals surface area contributed by atoms with Crippen molar-refractivity contribution in [3.05, 3.63) is 24.0 Å². The Morgan fingerprint density at radius 1 is 1.28 bits per heavy atom. The molecule has 1 saturated carbocycles. The number of pyridine rings is 1. The fraction of sp³-hybridized carbons (Fsp3) is 0.667. The molecule has 1 aromatic rings. The van der Waals surface area contributed by atoms with Crippen molar-refractivity contribution in [2.45, 2.75) is 56.2 Å². The molecule has 1 heterocycles. The molecule has 0 aliphatic heterocycles. The van der Waals surface area contributed by atoms with Gasteiger partial charge in [0.15, 0.2) is 0 Å². The molecule has 0 amide bonds. The maximum Gasteiger partial charge on any atom is 0.137 e. The summed E-state index contributed by atoms with van der Waals surface area (Å²) in [5, 5.41) is 0. The Morgan fingerprint density at radius 2 is 2.11 bits per heavy atom. The van der Waals surface area contributed by atoms with Gasteiger partial charge in [0.2, 0.25) is 0 Å². The van der Waals surface area contributed by atoms with Crippen LogP contribution in [0.15, 0.2) is 18.5 Å². The van der Waals surface area contributed by atoms with Crippen LogP contribution in [0.1, 0.15) is 56.9 Å². The monoisotopic (exact) mass is 311 g/mol. The molecule has 100 valence electrons. The summed E-state index contributed by atoms with van der Waals surface area (Å²) in [7, 11) is 0. The Morgan fingerprint density at radius 3 is 2.94 bits per heavy atom. The maximum atomic E-state index is 5.68. The van der Waals surface area contributed by atoms with E-state index < -0.39 is 0 Å². The highest BCUT2D eigenvalue weighted by molar-refractivity contribution is 9.09. The Kier molecular flexibility index (Phi) is 5.48. The van der Waals surface area contributed by atoms with Crippen LogP contribution in [0.5, 0.6) is 5.75 Å². The number of alkyl halides is 1. The van der Waals surface area contributed by atoms with Crippen LogP contribution in [-0.4, -0.2) is 16.4 Å². The van der Waals surface area contributed by atoms with Gasteiger partial charge in [-0.05, 0) is 36.8 Å². The van der Waals surface area contributed by atoms with Gasteiger partial charge in [0.05, 0.1) is 12.8 Å². The highest BCUT2D eigenvalue weighted by atomic mass is 79.9. The second-order valence-corrected chi connectivity index (χ2v) is 6.24. The second kappa shape index (κ2) is 7.13. The molecule has 18 heavy (non-hydrogen) atoms. The number of halogens is 1. The highest BCUT2D eigenvalue weighted by Crippen LogP contribution is 2.36. The lowest BCUT2D eigenvalue weighted by Gasteiger charge is -2.20. The normalized spacial score (nSPS) is 24.6. The molecular formula is C15H22BrNO. The Labute approximate surface area is 118 Å². The number of aromatic nitrogens is 1. The van der Waals surface area contributed by atoms with Gasteiger partial charge in [0.1, 0.15) is 5.75 Å². The summed E-state index contributed by atoms with van der Waals surface area (Å²) < 4.78 is 5.68. The predicted octanol–water partition coefficient (Wildman–Crippen LogP) is 4.68. The van der Waals surface area contributed by atoms with E-state index in [2.05, 4.69) is 33.9 Å². The van der Waals surface area contributed by atoms with Crippen LogP contribution in [0.3, 0.4) is 0 Å². The van der Waals surface area contributed by atoms with E-state index in [4.69, 9.17) is 4.74 Å². The van der Waals surface area contributed by atoms with E-state index >= 15 is 0 Å². The van der Waals surface area contributed by atoms with Crippen molar-refractivity contribution >= 4 is 15.9 Å². The maximum absolute atomic E-state index is 5.68. The predicted molar refractivity (Wildman–Crippen MR) is 78.6 cm³/mol. The SMILES string of the molecule is CCCOc1cncc(C2CCCCCC2Br)c1. The van der Waals surface area contributed by atoms with Gasteiger partial charge in [-0.15, -0.1) is 0 Å². The quantitative estimate of drug-likeness (QED) is 0.595. The highest BCUT2D eigenvalue weighted by Gasteiger charge is 2.23. The van der Waals surface area contributed by atoms with Gasteiger partial charge in [-0.1, -0.05) is 42.1 Å². The minimum absolute atomic E-state index is 0.586. The molecule has 0 bridgehead atoms. The summed E-state index contributed by atoms with van der Waals surface area (Å²) in [6, 6.07) is 2.17. The van der Waals surface area contributed by atoms with Gasteiger partial charge >= 0.3 is 0 Å².